The summed E-state index contributed by atoms with van der Waals surface area (Å²) in [6, 6.07) is 8.48. The number of rotatable bonds is 4. The van der Waals surface area contributed by atoms with E-state index in [0.717, 1.165) is 57.2 Å². The first-order chi connectivity index (χ1) is 12.0. The van der Waals surface area contributed by atoms with Crippen LogP contribution in [0.1, 0.15) is 51.0 Å². The van der Waals surface area contributed by atoms with Gasteiger partial charge in [-0.3, -0.25) is 9.59 Å². The van der Waals surface area contributed by atoms with Gasteiger partial charge in [0.05, 0.1) is 5.41 Å². The Labute approximate surface area is 154 Å². The topological polar surface area (TPSA) is 40.6 Å². The first-order valence-electron chi connectivity index (χ1n) is 9.35. The maximum Gasteiger partial charge on any atom is 0.233 e. The van der Waals surface area contributed by atoms with Crippen molar-refractivity contribution >= 4 is 23.4 Å². The molecule has 5 heteroatoms. The van der Waals surface area contributed by atoms with E-state index in [1.165, 1.54) is 0 Å². The molecule has 2 aliphatic carbocycles. The molecule has 2 saturated carbocycles. The van der Waals surface area contributed by atoms with Gasteiger partial charge in [0.1, 0.15) is 0 Å². The van der Waals surface area contributed by atoms with Gasteiger partial charge in [0.15, 0.2) is 0 Å². The Bertz CT molecular complexity index is 671. The smallest absolute Gasteiger partial charge is 0.233 e. The Hall–Kier alpha value is -1.55. The van der Waals surface area contributed by atoms with Crippen LogP contribution in [0.3, 0.4) is 0 Å². The second kappa shape index (κ2) is 6.31. The third-order valence-electron chi connectivity index (χ3n) is 6.03. The summed E-state index contributed by atoms with van der Waals surface area (Å²) in [6.45, 7) is 3.17. The Morgan fingerprint density at radius 2 is 1.60 bits per heavy atom. The minimum absolute atomic E-state index is 0.141. The summed E-state index contributed by atoms with van der Waals surface area (Å²) in [4.78, 5) is 29.2. The van der Waals surface area contributed by atoms with Gasteiger partial charge in [-0.15, -0.1) is 0 Å². The molecule has 4 rings (SSSR count). The number of benzene rings is 1. The van der Waals surface area contributed by atoms with Gasteiger partial charge in [0.2, 0.25) is 11.8 Å². The van der Waals surface area contributed by atoms with Gasteiger partial charge >= 0.3 is 0 Å². The van der Waals surface area contributed by atoms with E-state index in [1.807, 2.05) is 29.2 Å². The summed E-state index contributed by atoms with van der Waals surface area (Å²) in [6.07, 6.45) is 5.91. The van der Waals surface area contributed by atoms with Crippen molar-refractivity contribution in [3.63, 3.8) is 0 Å². The van der Waals surface area contributed by atoms with Gasteiger partial charge in [-0.25, -0.2) is 0 Å². The van der Waals surface area contributed by atoms with Gasteiger partial charge in [0, 0.05) is 37.1 Å². The number of carbonyl (C=O) groups excluding carboxylic acids is 2. The largest absolute Gasteiger partial charge is 0.343 e. The van der Waals surface area contributed by atoms with Crippen LogP contribution in [-0.2, 0) is 15.0 Å². The van der Waals surface area contributed by atoms with Crippen LogP contribution in [0, 0.1) is 0 Å². The van der Waals surface area contributed by atoms with Crippen molar-refractivity contribution in [1.82, 2.24) is 9.80 Å². The van der Waals surface area contributed by atoms with Gasteiger partial charge < -0.3 is 9.80 Å². The van der Waals surface area contributed by atoms with Crippen LogP contribution in [0.2, 0.25) is 5.02 Å². The molecule has 0 unspecified atom stereocenters. The summed E-state index contributed by atoms with van der Waals surface area (Å²) in [5, 5.41) is 0.711. The second-order valence-electron chi connectivity index (χ2n) is 7.77. The predicted molar refractivity (Wildman–Crippen MR) is 97.5 cm³/mol. The molecule has 1 saturated heterocycles. The van der Waals surface area contributed by atoms with Crippen molar-refractivity contribution in [3.05, 3.63) is 34.9 Å². The Kier molecular flexibility index (Phi) is 4.27. The molecule has 0 atom stereocenters. The molecule has 0 spiro atoms. The molecule has 0 radical (unpaired) electrons. The van der Waals surface area contributed by atoms with Crippen LogP contribution in [0.15, 0.2) is 24.3 Å². The number of carbonyl (C=O) groups is 2. The van der Waals surface area contributed by atoms with Gasteiger partial charge in [-0.1, -0.05) is 23.7 Å². The quantitative estimate of drug-likeness (QED) is 0.826. The molecular formula is C20H25ClN2O2. The molecule has 0 bridgehead atoms. The zero-order chi connectivity index (χ0) is 17.6. The molecule has 25 heavy (non-hydrogen) atoms. The maximum absolute atomic E-state index is 13.5. The van der Waals surface area contributed by atoms with Crippen molar-refractivity contribution < 1.29 is 9.59 Å². The summed E-state index contributed by atoms with van der Waals surface area (Å²) in [5.41, 5.74) is 0.777. The highest BCUT2D eigenvalue weighted by Gasteiger charge is 2.56. The van der Waals surface area contributed by atoms with E-state index in [1.54, 1.807) is 6.92 Å². The highest BCUT2D eigenvalue weighted by molar-refractivity contribution is 6.30. The minimum Gasteiger partial charge on any atom is -0.343 e. The van der Waals surface area contributed by atoms with E-state index in [9.17, 15) is 9.59 Å². The number of amides is 2. The summed E-state index contributed by atoms with van der Waals surface area (Å²) in [5.74, 6) is 0.446. The fraction of sp³-hybridized carbons (Fsp3) is 0.600. The molecular weight excluding hydrogens is 336 g/mol. The lowest BCUT2D eigenvalue weighted by atomic mass is 9.92. The fourth-order valence-corrected chi connectivity index (χ4v) is 4.33. The highest BCUT2D eigenvalue weighted by atomic mass is 35.5. The molecule has 134 valence electrons. The van der Waals surface area contributed by atoms with E-state index < -0.39 is 0 Å². The van der Waals surface area contributed by atoms with Crippen LogP contribution in [0.5, 0.6) is 0 Å². The Morgan fingerprint density at radius 3 is 2.08 bits per heavy atom. The zero-order valence-corrected chi connectivity index (χ0v) is 15.5. The molecule has 4 nitrogen and oxygen atoms in total. The van der Waals surface area contributed by atoms with Crippen molar-refractivity contribution in [2.24, 2.45) is 0 Å². The number of halogens is 1. The third-order valence-corrected chi connectivity index (χ3v) is 6.29. The molecule has 0 aromatic heterocycles. The van der Waals surface area contributed by atoms with E-state index in [4.69, 9.17) is 11.6 Å². The van der Waals surface area contributed by atoms with E-state index in [0.29, 0.717) is 17.0 Å². The average Bonchev–Trinajstić information content (AvgIpc) is 3.50. The SMILES string of the molecule is CC(=O)N1CCC(N(C(=O)C2(c3ccc(Cl)cc3)CC2)C2CC2)CC1. The number of nitrogens with zero attached hydrogens (tertiary/aromatic N) is 2. The van der Waals surface area contributed by atoms with E-state index in [2.05, 4.69) is 4.90 Å². The van der Waals surface area contributed by atoms with Crippen LogP contribution in [0.25, 0.3) is 0 Å². The molecule has 0 N–H and O–H groups in total. The fourth-order valence-electron chi connectivity index (χ4n) is 4.21. The highest BCUT2D eigenvalue weighted by Crippen LogP contribution is 2.51. The minimum atomic E-state index is -0.328. The molecule has 1 aliphatic heterocycles. The second-order valence-corrected chi connectivity index (χ2v) is 8.21. The van der Waals surface area contributed by atoms with Gasteiger partial charge in [-0.2, -0.15) is 0 Å². The van der Waals surface area contributed by atoms with Crippen molar-refractivity contribution in [2.75, 3.05) is 13.1 Å². The molecule has 3 aliphatic rings. The first kappa shape index (κ1) is 16.9. The maximum atomic E-state index is 13.5. The molecule has 2 amide bonds. The van der Waals surface area contributed by atoms with Crippen molar-refractivity contribution in [1.29, 1.82) is 0 Å². The monoisotopic (exact) mass is 360 g/mol. The standard InChI is InChI=1S/C20H25ClN2O2/c1-14(24)22-12-8-18(9-13-22)23(17-6-7-17)19(25)20(10-11-20)15-2-4-16(21)5-3-15/h2-5,17-18H,6-13H2,1H3. The lowest BCUT2D eigenvalue weighted by Gasteiger charge is -2.40. The lowest BCUT2D eigenvalue weighted by molar-refractivity contribution is -0.139. The third kappa shape index (κ3) is 3.17. The molecule has 3 fully saturated rings. The predicted octanol–water partition coefficient (Wildman–Crippen LogP) is 3.37. The number of likely N-dealkylation sites (tertiary alicyclic amines) is 1. The van der Waals surface area contributed by atoms with Crippen molar-refractivity contribution in [3.8, 4) is 0 Å². The van der Waals surface area contributed by atoms with Gasteiger partial charge in [-0.05, 0) is 56.2 Å². The average molecular weight is 361 g/mol. The molecule has 1 heterocycles. The molecule has 1 aromatic carbocycles. The first-order valence-corrected chi connectivity index (χ1v) is 9.73. The van der Waals surface area contributed by atoms with Crippen LogP contribution in [-0.4, -0.2) is 46.8 Å². The van der Waals surface area contributed by atoms with Crippen LogP contribution < -0.4 is 0 Å². The van der Waals surface area contributed by atoms with E-state index in [-0.39, 0.29) is 17.4 Å². The lowest BCUT2D eigenvalue weighted by Crippen LogP contribution is -2.52. The number of hydrogen-bond acceptors (Lipinski definition) is 2. The number of hydrogen-bond donors (Lipinski definition) is 0. The normalized spacial score (nSPS) is 22.6. The summed E-state index contributed by atoms with van der Waals surface area (Å²) < 4.78 is 0. The van der Waals surface area contributed by atoms with Crippen molar-refractivity contribution in [2.45, 2.75) is 62.9 Å². The van der Waals surface area contributed by atoms with Gasteiger partial charge in [0.25, 0.3) is 0 Å². The Morgan fingerprint density at radius 1 is 1.04 bits per heavy atom. The van der Waals surface area contributed by atoms with Crippen LogP contribution >= 0.6 is 11.6 Å². The Balaban J connectivity index is 1.52. The summed E-state index contributed by atoms with van der Waals surface area (Å²) in [7, 11) is 0. The summed E-state index contributed by atoms with van der Waals surface area (Å²) >= 11 is 6.02. The zero-order valence-electron chi connectivity index (χ0n) is 14.7. The van der Waals surface area contributed by atoms with Crippen LogP contribution in [0.4, 0.5) is 0 Å². The number of piperidine rings is 1. The van der Waals surface area contributed by atoms with E-state index >= 15 is 0 Å². The molecule has 1 aromatic rings.